The van der Waals surface area contributed by atoms with Gasteiger partial charge in [0.25, 0.3) is 0 Å². The molecule has 9 heteroatoms. The van der Waals surface area contributed by atoms with Crippen molar-refractivity contribution in [1.29, 1.82) is 0 Å². The van der Waals surface area contributed by atoms with Crippen LogP contribution in [0.1, 0.15) is 25.3 Å². The van der Waals surface area contributed by atoms with Gasteiger partial charge in [-0.25, -0.2) is 4.79 Å². The van der Waals surface area contributed by atoms with Gasteiger partial charge in [-0.05, 0) is 25.3 Å². The molecule has 5 N–H and O–H groups in total. The molecule has 1 aliphatic heterocycles. The molecule has 1 fully saturated rings. The minimum absolute atomic E-state index is 0.146. The summed E-state index contributed by atoms with van der Waals surface area (Å²) >= 11 is 0. The smallest absolute Gasteiger partial charge is 0.326 e. The summed E-state index contributed by atoms with van der Waals surface area (Å²) in [5.41, 5.74) is 6.23. The van der Waals surface area contributed by atoms with Crippen LogP contribution < -0.4 is 16.4 Å². The lowest BCUT2D eigenvalue weighted by molar-refractivity contribution is -0.144. The normalized spacial score (nSPS) is 18.2. The van der Waals surface area contributed by atoms with Crippen LogP contribution in [-0.4, -0.2) is 64.9 Å². The summed E-state index contributed by atoms with van der Waals surface area (Å²) in [6, 6.07) is 6.41. The lowest BCUT2D eigenvalue weighted by Crippen LogP contribution is -2.53. The minimum atomic E-state index is -1.14. The summed E-state index contributed by atoms with van der Waals surface area (Å²) < 4.78 is 0. The molecule has 1 aliphatic rings. The Bertz CT molecular complexity index is 722. The van der Waals surface area contributed by atoms with Gasteiger partial charge in [0.15, 0.2) is 0 Å². The lowest BCUT2D eigenvalue weighted by Gasteiger charge is -2.26. The van der Waals surface area contributed by atoms with Gasteiger partial charge in [0, 0.05) is 13.0 Å². The second-order valence-corrected chi connectivity index (χ2v) is 6.84. The van der Waals surface area contributed by atoms with Crippen LogP contribution in [0.2, 0.25) is 0 Å². The number of aliphatic carboxylic acids is 1. The maximum Gasteiger partial charge on any atom is 0.326 e. The van der Waals surface area contributed by atoms with Crippen molar-refractivity contribution in [2.75, 3.05) is 13.1 Å². The highest BCUT2D eigenvalue weighted by Gasteiger charge is 2.35. The molecule has 28 heavy (non-hydrogen) atoms. The maximum absolute atomic E-state index is 12.6. The van der Waals surface area contributed by atoms with Gasteiger partial charge in [-0.15, -0.1) is 0 Å². The highest BCUT2D eigenvalue weighted by Crippen LogP contribution is 2.18. The molecule has 1 aromatic rings. The second-order valence-electron chi connectivity index (χ2n) is 6.84. The number of carbonyl (C=O) groups excluding carboxylic acids is 3. The zero-order valence-electron chi connectivity index (χ0n) is 15.8. The Morgan fingerprint density at radius 1 is 1.25 bits per heavy atom. The zero-order chi connectivity index (χ0) is 20.7. The van der Waals surface area contributed by atoms with Crippen molar-refractivity contribution < 1.29 is 24.3 Å². The van der Waals surface area contributed by atoms with E-state index in [-0.39, 0.29) is 13.0 Å². The number of carbonyl (C=O) groups is 4. The van der Waals surface area contributed by atoms with Crippen LogP contribution in [-0.2, 0) is 25.6 Å². The van der Waals surface area contributed by atoms with Gasteiger partial charge in [-0.1, -0.05) is 30.3 Å². The number of nitrogens with one attached hydrogen (secondary N) is 2. The van der Waals surface area contributed by atoms with Gasteiger partial charge in [0.2, 0.25) is 17.7 Å². The highest BCUT2D eigenvalue weighted by molar-refractivity contribution is 5.93. The summed E-state index contributed by atoms with van der Waals surface area (Å²) in [6.07, 6.45) is 1.21. The average Bonchev–Trinajstić information content (AvgIpc) is 3.16. The molecule has 1 heterocycles. The summed E-state index contributed by atoms with van der Waals surface area (Å²) in [5.74, 6) is -2.51. The largest absolute Gasteiger partial charge is 0.480 e. The average molecular weight is 390 g/mol. The fourth-order valence-corrected chi connectivity index (χ4v) is 3.08. The molecule has 0 bridgehead atoms. The molecular weight excluding hydrogens is 364 g/mol. The molecule has 1 saturated heterocycles. The first kappa shape index (κ1) is 21.4. The molecule has 3 unspecified atom stereocenters. The van der Waals surface area contributed by atoms with Crippen molar-refractivity contribution in [3.05, 3.63) is 35.9 Å². The fourth-order valence-electron chi connectivity index (χ4n) is 3.08. The van der Waals surface area contributed by atoms with E-state index in [9.17, 15) is 24.3 Å². The van der Waals surface area contributed by atoms with E-state index in [1.54, 1.807) is 24.3 Å². The van der Waals surface area contributed by atoms with Crippen LogP contribution in [0.4, 0.5) is 0 Å². The van der Waals surface area contributed by atoms with Crippen LogP contribution >= 0.6 is 0 Å². The van der Waals surface area contributed by atoms with Crippen molar-refractivity contribution in [1.82, 2.24) is 15.5 Å². The Morgan fingerprint density at radius 2 is 1.93 bits per heavy atom. The van der Waals surface area contributed by atoms with Gasteiger partial charge in [-0.3, -0.25) is 14.4 Å². The maximum atomic E-state index is 12.6. The number of benzene rings is 1. The molecule has 152 valence electrons. The number of nitrogens with two attached hydrogens (primary N) is 1. The highest BCUT2D eigenvalue weighted by atomic mass is 16.4. The van der Waals surface area contributed by atoms with E-state index in [0.29, 0.717) is 19.4 Å². The monoisotopic (exact) mass is 390 g/mol. The van der Waals surface area contributed by atoms with Crippen LogP contribution in [0.5, 0.6) is 0 Å². The Balaban J connectivity index is 1.97. The summed E-state index contributed by atoms with van der Waals surface area (Å²) in [6.45, 7) is 1.63. The van der Waals surface area contributed by atoms with Gasteiger partial charge in [0.05, 0.1) is 12.6 Å². The summed E-state index contributed by atoms with van der Waals surface area (Å²) in [4.78, 5) is 49.5. The molecule has 0 radical (unpaired) electrons. The SMILES string of the molecule is CC(N)C(=O)NCC(=O)N1CCCC1C(=O)NC(Cc1ccccc1)C(=O)O. The van der Waals surface area contributed by atoms with E-state index in [2.05, 4.69) is 10.6 Å². The Labute approximate surface area is 163 Å². The van der Waals surface area contributed by atoms with Crippen LogP contribution in [0.3, 0.4) is 0 Å². The third-order valence-electron chi connectivity index (χ3n) is 4.60. The number of carboxylic acid groups (broad SMARTS) is 1. The molecule has 0 aliphatic carbocycles. The number of carboxylic acids is 1. The standard InChI is InChI=1S/C19H26N4O5/c1-12(20)17(25)21-11-16(24)23-9-5-8-15(23)18(26)22-14(19(27)28)10-13-6-3-2-4-7-13/h2-4,6-7,12,14-15H,5,8-11,20H2,1H3,(H,21,25)(H,22,26)(H,27,28). The third-order valence-corrected chi connectivity index (χ3v) is 4.60. The number of amides is 3. The van der Waals surface area contributed by atoms with Crippen molar-refractivity contribution >= 4 is 23.7 Å². The Hall–Kier alpha value is -2.94. The van der Waals surface area contributed by atoms with Crippen LogP contribution in [0.15, 0.2) is 30.3 Å². The molecular formula is C19H26N4O5. The first-order chi connectivity index (χ1) is 13.3. The van der Waals surface area contributed by atoms with Gasteiger partial charge < -0.3 is 26.4 Å². The quantitative estimate of drug-likeness (QED) is 0.460. The van der Waals surface area contributed by atoms with Gasteiger partial charge >= 0.3 is 5.97 Å². The molecule has 0 spiro atoms. The van der Waals surface area contributed by atoms with Crippen LogP contribution in [0, 0.1) is 0 Å². The van der Waals surface area contributed by atoms with E-state index in [1.165, 1.54) is 11.8 Å². The zero-order valence-corrected chi connectivity index (χ0v) is 15.8. The summed E-state index contributed by atoms with van der Waals surface area (Å²) in [7, 11) is 0. The summed E-state index contributed by atoms with van der Waals surface area (Å²) in [5, 5.41) is 14.4. The van der Waals surface area contributed by atoms with Crippen molar-refractivity contribution in [3.8, 4) is 0 Å². The van der Waals surface area contributed by atoms with Crippen molar-refractivity contribution in [3.63, 3.8) is 0 Å². The minimum Gasteiger partial charge on any atom is -0.480 e. The number of hydrogen-bond acceptors (Lipinski definition) is 5. The Morgan fingerprint density at radius 3 is 2.54 bits per heavy atom. The van der Waals surface area contributed by atoms with E-state index < -0.39 is 41.8 Å². The molecule has 9 nitrogen and oxygen atoms in total. The van der Waals surface area contributed by atoms with E-state index >= 15 is 0 Å². The van der Waals surface area contributed by atoms with Crippen LogP contribution in [0.25, 0.3) is 0 Å². The van der Waals surface area contributed by atoms with E-state index in [0.717, 1.165) is 5.56 Å². The molecule has 2 rings (SSSR count). The molecule has 0 aromatic heterocycles. The second kappa shape index (κ2) is 9.84. The number of likely N-dealkylation sites (tertiary alicyclic amines) is 1. The number of hydrogen-bond donors (Lipinski definition) is 4. The lowest BCUT2D eigenvalue weighted by atomic mass is 10.1. The third kappa shape index (κ3) is 5.78. The molecule has 0 saturated carbocycles. The predicted octanol–water partition coefficient (Wildman–Crippen LogP) is -0.747. The number of nitrogens with zero attached hydrogens (tertiary/aromatic N) is 1. The van der Waals surface area contributed by atoms with E-state index in [4.69, 9.17) is 5.73 Å². The molecule has 3 amide bonds. The predicted molar refractivity (Wildman–Crippen MR) is 101 cm³/mol. The van der Waals surface area contributed by atoms with Gasteiger partial charge in [-0.2, -0.15) is 0 Å². The van der Waals surface area contributed by atoms with E-state index in [1.807, 2.05) is 6.07 Å². The topological polar surface area (TPSA) is 142 Å². The Kier molecular flexibility index (Phi) is 7.51. The first-order valence-electron chi connectivity index (χ1n) is 9.19. The van der Waals surface area contributed by atoms with Crippen molar-refractivity contribution in [2.45, 2.75) is 44.3 Å². The number of rotatable bonds is 8. The molecule has 3 atom stereocenters. The fraction of sp³-hybridized carbons (Fsp3) is 0.474. The van der Waals surface area contributed by atoms with Crippen molar-refractivity contribution in [2.24, 2.45) is 5.73 Å². The first-order valence-corrected chi connectivity index (χ1v) is 9.19. The molecule has 1 aromatic carbocycles. The van der Waals surface area contributed by atoms with Gasteiger partial charge in [0.1, 0.15) is 12.1 Å².